The second kappa shape index (κ2) is 11.0. The van der Waals surface area contributed by atoms with E-state index in [0.717, 1.165) is 28.2 Å². The molecule has 2 aromatic carbocycles. The molecular weight excluding hydrogens is 425 g/mol. The number of halogens is 1. The van der Waals surface area contributed by atoms with Crippen LogP contribution in [-0.2, 0) is 16.0 Å². The summed E-state index contributed by atoms with van der Waals surface area (Å²) in [7, 11) is 3.20. The fourth-order valence-corrected chi connectivity index (χ4v) is 3.61. The van der Waals surface area contributed by atoms with Crippen molar-refractivity contribution >= 4 is 5.91 Å². The molecule has 1 amide bonds. The Labute approximate surface area is 193 Å². The van der Waals surface area contributed by atoms with Gasteiger partial charge in [-0.2, -0.15) is 5.10 Å². The Bertz CT molecular complexity index is 1100. The molecule has 0 radical (unpaired) electrons. The van der Waals surface area contributed by atoms with Crippen LogP contribution >= 0.6 is 0 Å². The largest absolute Gasteiger partial charge is 0.493 e. The molecule has 3 aromatic rings. The first-order valence-corrected chi connectivity index (χ1v) is 10.7. The molecule has 176 valence electrons. The molecule has 0 bridgehead atoms. The van der Waals surface area contributed by atoms with Crippen LogP contribution in [0, 0.1) is 19.7 Å². The number of hydrogen-bond donors (Lipinski definition) is 1. The number of carbonyl (C=O) groups is 1. The standard InChI is InChI=1S/C25H30FN3O4/c1-16(19-6-11-23(24(14-19)32-5)33-13-12-31-4)27-25(30)15-22-17(2)28-29(18(22)3)21-9-7-20(26)8-10-21/h6-11,14,16H,12-13,15H2,1-5H3,(H,27,30). The molecule has 0 aliphatic carbocycles. The molecule has 3 rings (SSSR count). The Morgan fingerprint density at radius 3 is 2.48 bits per heavy atom. The van der Waals surface area contributed by atoms with Gasteiger partial charge >= 0.3 is 0 Å². The molecule has 0 saturated carbocycles. The molecular formula is C25H30FN3O4. The van der Waals surface area contributed by atoms with Gasteiger partial charge in [-0.1, -0.05) is 6.07 Å². The van der Waals surface area contributed by atoms with Crippen LogP contribution in [-0.4, -0.2) is 43.1 Å². The van der Waals surface area contributed by atoms with E-state index < -0.39 is 0 Å². The van der Waals surface area contributed by atoms with E-state index in [2.05, 4.69) is 10.4 Å². The number of nitrogens with one attached hydrogen (secondary N) is 1. The van der Waals surface area contributed by atoms with Gasteiger partial charge in [0.2, 0.25) is 5.91 Å². The van der Waals surface area contributed by atoms with E-state index in [1.165, 1.54) is 12.1 Å². The first kappa shape index (κ1) is 24.3. The molecule has 7 nitrogen and oxygen atoms in total. The highest BCUT2D eigenvalue weighted by molar-refractivity contribution is 5.79. The van der Waals surface area contributed by atoms with E-state index in [1.54, 1.807) is 31.0 Å². The summed E-state index contributed by atoms with van der Waals surface area (Å²) in [5, 5.41) is 7.58. The normalized spacial score (nSPS) is 11.8. The minimum Gasteiger partial charge on any atom is -0.493 e. The molecule has 0 aliphatic heterocycles. The minimum absolute atomic E-state index is 0.119. The predicted molar refractivity (Wildman–Crippen MR) is 124 cm³/mol. The minimum atomic E-state index is -0.305. The highest BCUT2D eigenvalue weighted by atomic mass is 19.1. The fourth-order valence-electron chi connectivity index (χ4n) is 3.61. The number of aromatic nitrogens is 2. The molecule has 1 atom stereocenters. The van der Waals surface area contributed by atoms with Gasteiger partial charge in [0.25, 0.3) is 0 Å². The van der Waals surface area contributed by atoms with Crippen molar-refractivity contribution in [1.29, 1.82) is 0 Å². The highest BCUT2D eigenvalue weighted by Crippen LogP contribution is 2.30. The lowest BCUT2D eigenvalue weighted by molar-refractivity contribution is -0.121. The fraction of sp³-hybridized carbons (Fsp3) is 0.360. The van der Waals surface area contributed by atoms with Gasteiger partial charge in [0.1, 0.15) is 12.4 Å². The van der Waals surface area contributed by atoms with Gasteiger partial charge in [-0.15, -0.1) is 0 Å². The van der Waals surface area contributed by atoms with Crippen LogP contribution in [0.3, 0.4) is 0 Å². The number of benzene rings is 2. The molecule has 0 fully saturated rings. The topological polar surface area (TPSA) is 74.6 Å². The van der Waals surface area contributed by atoms with E-state index in [-0.39, 0.29) is 24.2 Å². The molecule has 0 spiro atoms. The summed E-state index contributed by atoms with van der Waals surface area (Å²) in [6.07, 6.45) is 0.193. The number of aryl methyl sites for hydroxylation is 1. The summed E-state index contributed by atoms with van der Waals surface area (Å²) in [5.74, 6) is 0.792. The quantitative estimate of drug-likeness (QED) is 0.466. The maximum Gasteiger partial charge on any atom is 0.225 e. The second-order valence-electron chi connectivity index (χ2n) is 7.76. The third-order valence-electron chi connectivity index (χ3n) is 5.46. The number of ether oxygens (including phenoxy) is 3. The zero-order chi connectivity index (χ0) is 24.0. The number of carbonyl (C=O) groups excluding carboxylic acids is 1. The van der Waals surface area contributed by atoms with E-state index in [9.17, 15) is 9.18 Å². The highest BCUT2D eigenvalue weighted by Gasteiger charge is 2.18. The maximum atomic E-state index is 13.3. The first-order valence-electron chi connectivity index (χ1n) is 10.7. The van der Waals surface area contributed by atoms with E-state index in [1.807, 2.05) is 39.0 Å². The summed E-state index contributed by atoms with van der Waals surface area (Å²) in [6.45, 7) is 6.59. The van der Waals surface area contributed by atoms with E-state index in [4.69, 9.17) is 14.2 Å². The monoisotopic (exact) mass is 455 g/mol. The van der Waals surface area contributed by atoms with Crippen molar-refractivity contribution in [3.05, 3.63) is 70.8 Å². The molecule has 8 heteroatoms. The summed E-state index contributed by atoms with van der Waals surface area (Å²) < 4.78 is 31.1. The van der Waals surface area contributed by atoms with E-state index >= 15 is 0 Å². The average Bonchev–Trinajstić information content (AvgIpc) is 3.08. The molecule has 0 aliphatic rings. The third kappa shape index (κ3) is 5.90. The van der Waals surface area contributed by atoms with E-state index in [0.29, 0.717) is 24.7 Å². The summed E-state index contributed by atoms with van der Waals surface area (Å²) in [4.78, 5) is 12.8. The summed E-state index contributed by atoms with van der Waals surface area (Å²) in [5.41, 5.74) is 4.11. The van der Waals surface area contributed by atoms with Crippen molar-refractivity contribution in [1.82, 2.24) is 15.1 Å². The zero-order valence-electron chi connectivity index (χ0n) is 19.6. The lowest BCUT2D eigenvalue weighted by Crippen LogP contribution is -2.28. The molecule has 1 N–H and O–H groups in total. The predicted octanol–water partition coefficient (Wildman–Crippen LogP) is 4.08. The van der Waals surface area contributed by atoms with Gasteiger partial charge in [0.15, 0.2) is 11.5 Å². The van der Waals surface area contributed by atoms with Gasteiger partial charge < -0.3 is 19.5 Å². The molecule has 1 unspecified atom stereocenters. The van der Waals surface area contributed by atoms with Crippen LogP contribution in [0.2, 0.25) is 0 Å². The average molecular weight is 456 g/mol. The number of amides is 1. The van der Waals surface area contributed by atoms with Gasteiger partial charge in [0.05, 0.1) is 37.6 Å². The van der Waals surface area contributed by atoms with Crippen molar-refractivity contribution < 1.29 is 23.4 Å². The molecule has 1 aromatic heterocycles. The number of rotatable bonds is 10. The first-order chi connectivity index (χ1) is 15.8. The lowest BCUT2D eigenvalue weighted by atomic mass is 10.1. The van der Waals surface area contributed by atoms with Gasteiger partial charge in [0, 0.05) is 18.4 Å². The van der Waals surface area contributed by atoms with Gasteiger partial charge in [-0.05, 0) is 62.7 Å². The Morgan fingerprint density at radius 2 is 1.82 bits per heavy atom. The van der Waals surface area contributed by atoms with Crippen LogP contribution in [0.15, 0.2) is 42.5 Å². The van der Waals surface area contributed by atoms with Crippen LogP contribution in [0.25, 0.3) is 5.69 Å². The number of hydrogen-bond acceptors (Lipinski definition) is 5. The zero-order valence-corrected chi connectivity index (χ0v) is 19.6. The Hall–Kier alpha value is -3.39. The van der Waals surface area contributed by atoms with Crippen LogP contribution in [0.5, 0.6) is 11.5 Å². The Balaban J connectivity index is 1.69. The van der Waals surface area contributed by atoms with Crippen LogP contribution in [0.4, 0.5) is 4.39 Å². The van der Waals surface area contributed by atoms with Gasteiger partial charge in [-0.25, -0.2) is 9.07 Å². The van der Waals surface area contributed by atoms with Crippen LogP contribution in [0.1, 0.15) is 35.5 Å². The SMILES string of the molecule is COCCOc1ccc(C(C)NC(=O)Cc2c(C)nn(-c3ccc(F)cc3)c2C)cc1OC. The number of nitrogens with zero attached hydrogens (tertiary/aromatic N) is 2. The number of methoxy groups -OCH3 is 2. The summed E-state index contributed by atoms with van der Waals surface area (Å²) in [6, 6.07) is 11.5. The van der Waals surface area contributed by atoms with Crippen molar-refractivity contribution in [3.8, 4) is 17.2 Å². The lowest BCUT2D eigenvalue weighted by Gasteiger charge is -2.17. The van der Waals surface area contributed by atoms with Crippen molar-refractivity contribution in [2.45, 2.75) is 33.2 Å². The van der Waals surface area contributed by atoms with Crippen molar-refractivity contribution in [2.24, 2.45) is 0 Å². The second-order valence-corrected chi connectivity index (χ2v) is 7.76. The van der Waals surface area contributed by atoms with Crippen molar-refractivity contribution in [3.63, 3.8) is 0 Å². The summed E-state index contributed by atoms with van der Waals surface area (Å²) >= 11 is 0. The smallest absolute Gasteiger partial charge is 0.225 e. The molecule has 33 heavy (non-hydrogen) atoms. The van der Waals surface area contributed by atoms with Crippen LogP contribution < -0.4 is 14.8 Å². The Kier molecular flexibility index (Phi) is 8.06. The Morgan fingerprint density at radius 1 is 1.09 bits per heavy atom. The maximum absolute atomic E-state index is 13.3. The van der Waals surface area contributed by atoms with Gasteiger partial charge in [-0.3, -0.25) is 4.79 Å². The third-order valence-corrected chi connectivity index (χ3v) is 5.46. The van der Waals surface area contributed by atoms with Crippen molar-refractivity contribution in [2.75, 3.05) is 27.4 Å². The molecule has 1 heterocycles. The molecule has 0 saturated heterocycles.